The number of amides is 2. The van der Waals surface area contributed by atoms with Crippen LogP contribution in [-0.4, -0.2) is 29.8 Å². The minimum Gasteiger partial charge on any atom is -0.369 e. The number of hydrogen-bond donors (Lipinski definition) is 1. The van der Waals surface area contributed by atoms with E-state index in [1.165, 1.54) is 0 Å². The number of piperidine rings is 1. The molecule has 1 fully saturated rings. The van der Waals surface area contributed by atoms with E-state index in [0.29, 0.717) is 38.8 Å². The van der Waals surface area contributed by atoms with Crippen molar-refractivity contribution in [2.24, 2.45) is 17.6 Å². The van der Waals surface area contributed by atoms with Crippen molar-refractivity contribution in [2.45, 2.75) is 25.7 Å². The molecule has 1 unspecified atom stereocenters. The van der Waals surface area contributed by atoms with E-state index in [-0.39, 0.29) is 17.7 Å². The lowest BCUT2D eigenvalue weighted by molar-refractivity contribution is -0.137. The third-order valence-corrected chi connectivity index (χ3v) is 4.23. The molecule has 2 rings (SSSR count). The van der Waals surface area contributed by atoms with E-state index in [1.807, 2.05) is 30.3 Å². The number of nitriles is 1. The first-order valence-electron chi connectivity index (χ1n) is 7.63. The molecule has 1 aliphatic rings. The number of primary amides is 1. The van der Waals surface area contributed by atoms with Crippen LogP contribution in [0.3, 0.4) is 0 Å². The summed E-state index contributed by atoms with van der Waals surface area (Å²) in [4.78, 5) is 25.3. The third-order valence-electron chi connectivity index (χ3n) is 4.23. The number of nitrogens with zero attached hydrogens (tertiary/aromatic N) is 2. The topological polar surface area (TPSA) is 87.2 Å². The van der Waals surface area contributed by atoms with Gasteiger partial charge < -0.3 is 10.6 Å². The van der Waals surface area contributed by atoms with Gasteiger partial charge in [0.2, 0.25) is 11.8 Å². The van der Waals surface area contributed by atoms with Gasteiger partial charge in [-0.15, -0.1) is 0 Å². The van der Waals surface area contributed by atoms with Crippen LogP contribution in [0.2, 0.25) is 0 Å². The summed E-state index contributed by atoms with van der Waals surface area (Å²) >= 11 is 0. The molecule has 1 aliphatic heterocycles. The van der Waals surface area contributed by atoms with Crippen LogP contribution in [0.15, 0.2) is 30.3 Å². The maximum absolute atomic E-state index is 12.4. The predicted molar refractivity (Wildman–Crippen MR) is 82.4 cm³/mol. The summed E-state index contributed by atoms with van der Waals surface area (Å²) in [5.41, 5.74) is 6.42. The fourth-order valence-corrected chi connectivity index (χ4v) is 2.80. The minimum absolute atomic E-state index is 0.124. The Labute approximate surface area is 130 Å². The molecule has 2 amide bonds. The van der Waals surface area contributed by atoms with Gasteiger partial charge >= 0.3 is 0 Å². The smallest absolute Gasteiger partial charge is 0.239 e. The van der Waals surface area contributed by atoms with Crippen molar-refractivity contribution in [1.29, 1.82) is 5.26 Å². The molecule has 2 N–H and O–H groups in total. The van der Waals surface area contributed by atoms with Crippen molar-refractivity contribution in [3.8, 4) is 6.07 Å². The standard InChI is InChI=1S/C17H21N3O2/c18-12-15(7-6-13-4-2-1-3-5-13)17(22)20-10-8-14(9-11-20)16(19)21/h1-5,14-15H,6-11H2,(H2,19,21). The number of aryl methyl sites for hydroxylation is 1. The predicted octanol–water partition coefficient (Wildman–Crippen LogP) is 1.48. The van der Waals surface area contributed by atoms with Crippen LogP contribution in [-0.2, 0) is 16.0 Å². The summed E-state index contributed by atoms with van der Waals surface area (Å²) in [6.07, 6.45) is 2.42. The highest BCUT2D eigenvalue weighted by molar-refractivity contribution is 5.82. The molecular formula is C17H21N3O2. The molecule has 1 aromatic carbocycles. The Hall–Kier alpha value is -2.35. The summed E-state index contributed by atoms with van der Waals surface area (Å²) in [5.74, 6) is -1.19. The van der Waals surface area contributed by atoms with E-state index >= 15 is 0 Å². The van der Waals surface area contributed by atoms with Gasteiger partial charge in [0.05, 0.1) is 6.07 Å². The highest BCUT2D eigenvalue weighted by Gasteiger charge is 2.29. The fourth-order valence-electron chi connectivity index (χ4n) is 2.80. The molecule has 1 aromatic rings. The first-order chi connectivity index (χ1) is 10.6. The quantitative estimate of drug-likeness (QED) is 0.893. The molecule has 0 aromatic heterocycles. The number of carbonyl (C=O) groups excluding carboxylic acids is 2. The Morgan fingerprint density at radius 3 is 2.45 bits per heavy atom. The SMILES string of the molecule is N#CC(CCc1ccccc1)C(=O)N1CCC(C(N)=O)CC1. The van der Waals surface area contributed by atoms with Crippen LogP contribution in [0.4, 0.5) is 0 Å². The highest BCUT2D eigenvalue weighted by Crippen LogP contribution is 2.20. The van der Waals surface area contributed by atoms with Crippen LogP contribution in [0.5, 0.6) is 0 Å². The fraction of sp³-hybridized carbons (Fsp3) is 0.471. The number of hydrogen-bond acceptors (Lipinski definition) is 3. The van der Waals surface area contributed by atoms with Crippen molar-refractivity contribution >= 4 is 11.8 Å². The molecule has 1 saturated heterocycles. The van der Waals surface area contributed by atoms with Crippen LogP contribution >= 0.6 is 0 Å². The molecule has 5 nitrogen and oxygen atoms in total. The normalized spacial score (nSPS) is 16.8. The van der Waals surface area contributed by atoms with Gasteiger partial charge in [0, 0.05) is 19.0 Å². The van der Waals surface area contributed by atoms with Crippen molar-refractivity contribution in [3.63, 3.8) is 0 Å². The average molecular weight is 299 g/mol. The van der Waals surface area contributed by atoms with Gasteiger partial charge in [-0.1, -0.05) is 30.3 Å². The summed E-state index contributed by atoms with van der Waals surface area (Å²) < 4.78 is 0. The van der Waals surface area contributed by atoms with Crippen molar-refractivity contribution in [2.75, 3.05) is 13.1 Å². The van der Waals surface area contributed by atoms with Gasteiger partial charge in [-0.3, -0.25) is 9.59 Å². The Morgan fingerprint density at radius 2 is 1.91 bits per heavy atom. The minimum atomic E-state index is -0.620. The number of benzene rings is 1. The first kappa shape index (κ1) is 16.0. The Balaban J connectivity index is 1.87. The van der Waals surface area contributed by atoms with Crippen LogP contribution in [0.1, 0.15) is 24.8 Å². The van der Waals surface area contributed by atoms with E-state index in [0.717, 1.165) is 5.56 Å². The number of likely N-dealkylation sites (tertiary alicyclic amines) is 1. The largest absolute Gasteiger partial charge is 0.369 e. The van der Waals surface area contributed by atoms with E-state index in [4.69, 9.17) is 5.73 Å². The molecule has 0 radical (unpaired) electrons. The Bertz CT molecular complexity index is 557. The molecule has 1 heterocycles. The highest BCUT2D eigenvalue weighted by atomic mass is 16.2. The zero-order valence-electron chi connectivity index (χ0n) is 12.6. The third kappa shape index (κ3) is 4.08. The second-order valence-corrected chi connectivity index (χ2v) is 5.71. The van der Waals surface area contributed by atoms with Gasteiger partial charge in [-0.2, -0.15) is 5.26 Å². The van der Waals surface area contributed by atoms with Crippen molar-refractivity contribution < 1.29 is 9.59 Å². The molecule has 5 heteroatoms. The second-order valence-electron chi connectivity index (χ2n) is 5.71. The maximum Gasteiger partial charge on any atom is 0.239 e. The number of nitrogens with two attached hydrogens (primary N) is 1. The molecule has 0 spiro atoms. The zero-order chi connectivity index (χ0) is 15.9. The summed E-state index contributed by atoms with van der Waals surface area (Å²) in [6.45, 7) is 1.02. The van der Waals surface area contributed by atoms with Gasteiger partial charge in [0.15, 0.2) is 0 Å². The molecule has 0 bridgehead atoms. The molecule has 0 aliphatic carbocycles. The molecule has 1 atom stereocenters. The van der Waals surface area contributed by atoms with Crippen LogP contribution < -0.4 is 5.73 Å². The summed E-state index contributed by atoms with van der Waals surface area (Å²) in [6, 6.07) is 12.0. The average Bonchev–Trinajstić information content (AvgIpc) is 2.56. The molecule has 22 heavy (non-hydrogen) atoms. The molecule has 0 saturated carbocycles. The van der Waals surface area contributed by atoms with Gasteiger partial charge in [-0.05, 0) is 31.2 Å². The van der Waals surface area contributed by atoms with Gasteiger partial charge in [0.25, 0.3) is 0 Å². The Morgan fingerprint density at radius 1 is 1.27 bits per heavy atom. The van der Waals surface area contributed by atoms with Crippen LogP contribution in [0.25, 0.3) is 0 Å². The summed E-state index contributed by atoms with van der Waals surface area (Å²) in [5, 5.41) is 9.27. The number of carbonyl (C=O) groups is 2. The van der Waals surface area contributed by atoms with Gasteiger partial charge in [-0.25, -0.2) is 0 Å². The molecular weight excluding hydrogens is 278 g/mol. The second kappa shape index (κ2) is 7.60. The van der Waals surface area contributed by atoms with E-state index < -0.39 is 5.92 Å². The van der Waals surface area contributed by atoms with Gasteiger partial charge in [0.1, 0.15) is 5.92 Å². The maximum atomic E-state index is 12.4. The van der Waals surface area contributed by atoms with Crippen molar-refractivity contribution in [3.05, 3.63) is 35.9 Å². The van der Waals surface area contributed by atoms with E-state index in [2.05, 4.69) is 6.07 Å². The lowest BCUT2D eigenvalue weighted by Gasteiger charge is -2.31. The molecule has 116 valence electrons. The lowest BCUT2D eigenvalue weighted by Crippen LogP contribution is -2.44. The van der Waals surface area contributed by atoms with E-state index in [1.54, 1.807) is 4.90 Å². The Kier molecular flexibility index (Phi) is 5.54. The van der Waals surface area contributed by atoms with Crippen LogP contribution in [0, 0.1) is 23.2 Å². The lowest BCUT2D eigenvalue weighted by atomic mass is 9.94. The monoisotopic (exact) mass is 299 g/mol. The summed E-state index contributed by atoms with van der Waals surface area (Å²) in [7, 11) is 0. The first-order valence-corrected chi connectivity index (χ1v) is 7.63. The van der Waals surface area contributed by atoms with Crippen molar-refractivity contribution in [1.82, 2.24) is 4.90 Å². The number of rotatable bonds is 5. The van der Waals surface area contributed by atoms with E-state index in [9.17, 15) is 14.9 Å². The zero-order valence-corrected chi connectivity index (χ0v) is 12.6.